The largest absolute Gasteiger partial charge is 0.300 e. The molecule has 0 N–H and O–H groups in total. The molecule has 188 valence electrons. The van der Waals surface area contributed by atoms with Crippen molar-refractivity contribution in [2.24, 2.45) is 16.8 Å². The van der Waals surface area contributed by atoms with Gasteiger partial charge in [0.1, 0.15) is 5.78 Å². The van der Waals surface area contributed by atoms with E-state index in [0.717, 1.165) is 56.1 Å². The summed E-state index contributed by atoms with van der Waals surface area (Å²) in [6, 6.07) is 5.96. The molecule has 1 aliphatic carbocycles. The quantitative estimate of drug-likeness (QED) is 0.233. The van der Waals surface area contributed by atoms with Gasteiger partial charge in [-0.1, -0.05) is 37.1 Å². The van der Waals surface area contributed by atoms with Gasteiger partial charge < -0.3 is 0 Å². The van der Waals surface area contributed by atoms with Crippen LogP contribution >= 0.6 is 0 Å². The molecule has 2 atom stereocenters. The van der Waals surface area contributed by atoms with E-state index in [9.17, 15) is 14.4 Å². The van der Waals surface area contributed by atoms with Gasteiger partial charge in [0.15, 0.2) is 11.6 Å². The highest BCUT2D eigenvalue weighted by molar-refractivity contribution is 6.40. The van der Waals surface area contributed by atoms with Crippen molar-refractivity contribution in [3.63, 3.8) is 0 Å². The highest BCUT2D eigenvalue weighted by Crippen LogP contribution is 2.29. The molecule has 35 heavy (non-hydrogen) atoms. The van der Waals surface area contributed by atoms with Gasteiger partial charge in [-0.3, -0.25) is 19.4 Å². The Morgan fingerprint density at radius 1 is 1.03 bits per heavy atom. The van der Waals surface area contributed by atoms with Crippen LogP contribution in [0.2, 0.25) is 0 Å². The zero-order chi connectivity index (χ0) is 25.4. The summed E-state index contributed by atoms with van der Waals surface area (Å²) in [6.45, 7) is 8.29. The first-order chi connectivity index (χ1) is 16.8. The van der Waals surface area contributed by atoms with Crippen molar-refractivity contribution in [3.05, 3.63) is 58.3 Å². The van der Waals surface area contributed by atoms with Gasteiger partial charge in [-0.25, -0.2) is 0 Å². The molecule has 2 bridgehead atoms. The second-order valence-electron chi connectivity index (χ2n) is 10.4. The van der Waals surface area contributed by atoms with Crippen LogP contribution in [0.5, 0.6) is 0 Å². The summed E-state index contributed by atoms with van der Waals surface area (Å²) in [5, 5.41) is 0. The van der Waals surface area contributed by atoms with Crippen LogP contribution in [0.1, 0.15) is 106 Å². The SMILES string of the molecule is CCCC(CCCC(=O)CCC/C1=C/C2CC(=NC=C2C)C(=O)CC1)C(=O)c1ccc(C)c(C)c1. The van der Waals surface area contributed by atoms with Crippen LogP contribution < -0.4 is 0 Å². The van der Waals surface area contributed by atoms with Gasteiger partial charge in [0, 0.05) is 49.3 Å². The van der Waals surface area contributed by atoms with Crippen LogP contribution in [-0.2, 0) is 9.59 Å². The molecule has 2 unspecified atom stereocenters. The lowest BCUT2D eigenvalue weighted by Crippen LogP contribution is -2.23. The Balaban J connectivity index is 1.45. The lowest BCUT2D eigenvalue weighted by molar-refractivity contribution is -0.119. The Kier molecular flexibility index (Phi) is 9.94. The predicted octanol–water partition coefficient (Wildman–Crippen LogP) is 7.47. The van der Waals surface area contributed by atoms with Gasteiger partial charge in [-0.15, -0.1) is 0 Å². The van der Waals surface area contributed by atoms with Gasteiger partial charge in [0.25, 0.3) is 0 Å². The van der Waals surface area contributed by atoms with Crippen molar-refractivity contribution >= 4 is 23.1 Å². The first-order valence-corrected chi connectivity index (χ1v) is 13.4. The molecule has 0 saturated carbocycles. The Morgan fingerprint density at radius 3 is 2.54 bits per heavy atom. The number of benzene rings is 1. The van der Waals surface area contributed by atoms with Crippen LogP contribution in [0.15, 0.2) is 46.6 Å². The number of carbonyl (C=O) groups is 3. The zero-order valence-corrected chi connectivity index (χ0v) is 22.0. The molecule has 0 radical (unpaired) electrons. The molecule has 1 aromatic carbocycles. The number of fused-ring (bicyclic) bond motifs is 2. The maximum Gasteiger partial charge on any atom is 0.177 e. The third-order valence-electron chi connectivity index (χ3n) is 7.62. The summed E-state index contributed by atoms with van der Waals surface area (Å²) in [6.07, 6.45) is 12.3. The van der Waals surface area contributed by atoms with Crippen LogP contribution in [0.25, 0.3) is 0 Å². The fraction of sp³-hybridized carbons (Fsp3) is 0.548. The molecule has 1 aromatic rings. The maximum absolute atomic E-state index is 13.1. The van der Waals surface area contributed by atoms with E-state index in [1.807, 2.05) is 31.3 Å². The number of hydrogen-bond donors (Lipinski definition) is 0. The Labute approximate surface area is 211 Å². The molecule has 4 heteroatoms. The van der Waals surface area contributed by atoms with E-state index in [4.69, 9.17) is 0 Å². The first-order valence-electron chi connectivity index (χ1n) is 13.4. The molecule has 1 aliphatic heterocycles. The molecular formula is C31H41NO3. The number of rotatable bonds is 12. The van der Waals surface area contributed by atoms with Crippen molar-refractivity contribution < 1.29 is 14.4 Å². The fourth-order valence-corrected chi connectivity index (χ4v) is 5.14. The number of allylic oxidation sites excluding steroid dienone is 3. The molecule has 0 spiro atoms. The summed E-state index contributed by atoms with van der Waals surface area (Å²) >= 11 is 0. The van der Waals surface area contributed by atoms with Crippen LogP contribution in [0.4, 0.5) is 0 Å². The average molecular weight is 476 g/mol. The number of hydrogen-bond acceptors (Lipinski definition) is 4. The molecule has 2 aliphatic rings. The highest BCUT2D eigenvalue weighted by Gasteiger charge is 2.24. The molecule has 0 aromatic heterocycles. The van der Waals surface area contributed by atoms with Crippen molar-refractivity contribution in [1.29, 1.82) is 0 Å². The molecular weight excluding hydrogens is 434 g/mol. The van der Waals surface area contributed by atoms with Crippen LogP contribution in [0, 0.1) is 25.7 Å². The minimum Gasteiger partial charge on any atom is -0.300 e. The van der Waals surface area contributed by atoms with E-state index < -0.39 is 0 Å². The Morgan fingerprint density at radius 2 is 1.80 bits per heavy atom. The van der Waals surface area contributed by atoms with Crippen LogP contribution in [-0.4, -0.2) is 23.1 Å². The molecule has 3 rings (SSSR count). The first kappa shape index (κ1) is 27.0. The summed E-state index contributed by atoms with van der Waals surface area (Å²) in [5.41, 5.74) is 6.35. The predicted molar refractivity (Wildman–Crippen MR) is 143 cm³/mol. The zero-order valence-electron chi connectivity index (χ0n) is 22.0. The van der Waals surface area contributed by atoms with Crippen molar-refractivity contribution in [2.75, 3.05) is 0 Å². The lowest BCUT2D eigenvalue weighted by Gasteiger charge is -2.23. The standard InChI is InChI=1S/C31H41NO3/c1-5-8-25(31(35)26-15-13-21(2)22(3)17-26)10-7-12-28(33)11-6-9-24-14-16-30(34)29-19-27(18-24)23(4)20-32-29/h13,15,17-18,20,25,27H,5-12,14,16,19H2,1-4H3/b24-18-. The molecule has 4 nitrogen and oxygen atoms in total. The van der Waals surface area contributed by atoms with Gasteiger partial charge in [-0.2, -0.15) is 0 Å². The number of Topliss-reactive ketones (excluding diaryl/α,β-unsaturated/α-hetero) is 3. The highest BCUT2D eigenvalue weighted by atomic mass is 16.1. The Hall–Kier alpha value is -2.62. The average Bonchev–Trinajstić information content (AvgIpc) is 2.83. The third-order valence-corrected chi connectivity index (χ3v) is 7.62. The van der Waals surface area contributed by atoms with E-state index in [-0.39, 0.29) is 29.2 Å². The van der Waals surface area contributed by atoms with E-state index in [2.05, 4.69) is 31.8 Å². The fourth-order valence-electron chi connectivity index (χ4n) is 5.14. The van der Waals surface area contributed by atoms with Crippen molar-refractivity contribution in [2.45, 2.75) is 98.3 Å². The molecule has 0 amide bonds. The normalized spacial score (nSPS) is 20.2. The second-order valence-corrected chi connectivity index (χ2v) is 10.4. The van der Waals surface area contributed by atoms with Gasteiger partial charge in [0.2, 0.25) is 0 Å². The van der Waals surface area contributed by atoms with Gasteiger partial charge in [-0.05, 0) is 82.1 Å². The number of carbonyl (C=O) groups excluding carboxylic acids is 3. The second kappa shape index (κ2) is 12.9. The maximum atomic E-state index is 13.1. The molecule has 0 fully saturated rings. The number of aryl methyl sites for hydroxylation is 2. The van der Waals surface area contributed by atoms with E-state index >= 15 is 0 Å². The van der Waals surface area contributed by atoms with Crippen molar-refractivity contribution in [1.82, 2.24) is 0 Å². The molecule has 0 saturated heterocycles. The number of nitrogens with zero attached hydrogens (tertiary/aromatic N) is 1. The summed E-state index contributed by atoms with van der Waals surface area (Å²) < 4.78 is 0. The van der Waals surface area contributed by atoms with Gasteiger partial charge >= 0.3 is 0 Å². The van der Waals surface area contributed by atoms with Crippen LogP contribution in [0.3, 0.4) is 0 Å². The summed E-state index contributed by atoms with van der Waals surface area (Å²) in [5.74, 6) is 0.922. The third kappa shape index (κ3) is 7.68. The smallest absolute Gasteiger partial charge is 0.177 e. The minimum absolute atomic E-state index is 0.00672. The minimum atomic E-state index is -0.00672. The number of ketones is 3. The summed E-state index contributed by atoms with van der Waals surface area (Å²) in [7, 11) is 0. The molecule has 1 heterocycles. The topological polar surface area (TPSA) is 63.6 Å². The summed E-state index contributed by atoms with van der Waals surface area (Å²) in [4.78, 5) is 42.3. The number of aliphatic imine (C=N–C) groups is 1. The van der Waals surface area contributed by atoms with Gasteiger partial charge in [0.05, 0.1) is 5.71 Å². The van der Waals surface area contributed by atoms with Crippen molar-refractivity contribution in [3.8, 4) is 0 Å². The Bertz CT molecular complexity index is 1040. The van der Waals surface area contributed by atoms with E-state index in [1.54, 1.807) is 0 Å². The monoisotopic (exact) mass is 475 g/mol. The van der Waals surface area contributed by atoms with E-state index in [0.29, 0.717) is 31.4 Å². The lowest BCUT2D eigenvalue weighted by atomic mass is 9.84. The van der Waals surface area contributed by atoms with E-state index in [1.165, 1.54) is 16.7 Å².